The second-order valence-electron chi connectivity index (χ2n) is 7.51. The van der Waals surface area contributed by atoms with Gasteiger partial charge in [0.1, 0.15) is 5.75 Å². The lowest BCUT2D eigenvalue weighted by Gasteiger charge is -2.11. The van der Waals surface area contributed by atoms with Gasteiger partial charge in [-0.3, -0.25) is 0 Å². The van der Waals surface area contributed by atoms with E-state index in [0.29, 0.717) is 35.4 Å². The lowest BCUT2D eigenvalue weighted by Crippen LogP contribution is -2.02. The van der Waals surface area contributed by atoms with Crippen molar-refractivity contribution in [2.75, 3.05) is 6.61 Å². The lowest BCUT2D eigenvalue weighted by molar-refractivity contribution is 0.302. The van der Waals surface area contributed by atoms with Gasteiger partial charge in [0.2, 0.25) is 5.89 Å². The summed E-state index contributed by atoms with van der Waals surface area (Å²) in [4.78, 5) is 13.5. The monoisotopic (exact) mass is 403 g/mol. The molecule has 0 bridgehead atoms. The third-order valence-corrected chi connectivity index (χ3v) is 4.88. The smallest absolute Gasteiger partial charge is 0.328 e. The van der Waals surface area contributed by atoms with Crippen LogP contribution in [0.15, 0.2) is 40.8 Å². The van der Waals surface area contributed by atoms with E-state index in [-0.39, 0.29) is 6.01 Å². The van der Waals surface area contributed by atoms with Crippen LogP contribution in [0.25, 0.3) is 22.7 Å². The second-order valence-corrected chi connectivity index (χ2v) is 7.51. The molecular weight excluding hydrogens is 378 g/mol. The fourth-order valence-corrected chi connectivity index (χ4v) is 3.23. The molecule has 0 fully saturated rings. The number of hydrogen-bond donors (Lipinski definition) is 0. The van der Waals surface area contributed by atoms with E-state index in [2.05, 4.69) is 27.9 Å². The minimum Gasteiger partial charge on any atom is -0.476 e. The maximum absolute atomic E-state index is 6.04. The van der Waals surface area contributed by atoms with Crippen LogP contribution in [0.1, 0.15) is 35.6 Å². The van der Waals surface area contributed by atoms with Gasteiger partial charge in [-0.2, -0.15) is 9.97 Å². The molecule has 0 saturated heterocycles. The van der Waals surface area contributed by atoms with E-state index >= 15 is 0 Å². The highest BCUT2D eigenvalue weighted by molar-refractivity contribution is 5.78. The summed E-state index contributed by atoms with van der Waals surface area (Å²) in [6.07, 6.45) is 0.848. The minimum atomic E-state index is 0.175. The molecular formula is C24H25N3O3. The first-order valence-electron chi connectivity index (χ1n) is 10.1. The largest absolute Gasteiger partial charge is 0.476 e. The molecule has 0 saturated carbocycles. The van der Waals surface area contributed by atoms with Crippen molar-refractivity contribution in [1.82, 2.24) is 15.0 Å². The van der Waals surface area contributed by atoms with E-state index in [1.54, 1.807) is 0 Å². The lowest BCUT2D eigenvalue weighted by atomic mass is 10.1. The number of aryl methyl sites for hydroxylation is 3. The minimum absolute atomic E-state index is 0.175. The second kappa shape index (κ2) is 8.14. The van der Waals surface area contributed by atoms with Crippen molar-refractivity contribution in [3.63, 3.8) is 0 Å². The molecule has 4 rings (SSSR count). The van der Waals surface area contributed by atoms with Crippen LogP contribution in [0.4, 0.5) is 0 Å². The average Bonchev–Trinajstić information content (AvgIpc) is 3.14. The van der Waals surface area contributed by atoms with Gasteiger partial charge in [-0.15, -0.1) is 0 Å². The summed E-state index contributed by atoms with van der Waals surface area (Å²) < 4.78 is 17.9. The van der Waals surface area contributed by atoms with Crippen LogP contribution < -0.4 is 9.47 Å². The van der Waals surface area contributed by atoms with Gasteiger partial charge in [0.05, 0.1) is 6.61 Å². The molecule has 0 aliphatic rings. The van der Waals surface area contributed by atoms with Crippen LogP contribution in [0, 0.1) is 27.7 Å². The van der Waals surface area contributed by atoms with E-state index in [4.69, 9.17) is 13.9 Å². The van der Waals surface area contributed by atoms with Crippen LogP contribution >= 0.6 is 0 Å². The Morgan fingerprint density at radius 1 is 0.933 bits per heavy atom. The standard InChI is InChI=1S/C24H25N3O3/c1-6-10-28-22-20-23(30-21(25-20)18-9-7-8-14(2)12-18)27-24(26-22)29-19-13-15(3)11-16(4)17(19)5/h7-9,11-13H,6,10H2,1-5H3. The van der Waals surface area contributed by atoms with Crippen molar-refractivity contribution in [3.05, 3.63) is 58.7 Å². The number of oxazole rings is 1. The molecule has 0 radical (unpaired) electrons. The number of hydrogen-bond acceptors (Lipinski definition) is 6. The summed E-state index contributed by atoms with van der Waals surface area (Å²) in [5.41, 5.74) is 6.13. The maximum atomic E-state index is 6.04. The summed E-state index contributed by atoms with van der Waals surface area (Å²) in [6, 6.07) is 12.2. The van der Waals surface area contributed by atoms with Crippen molar-refractivity contribution in [2.45, 2.75) is 41.0 Å². The molecule has 2 aromatic carbocycles. The highest BCUT2D eigenvalue weighted by Gasteiger charge is 2.19. The van der Waals surface area contributed by atoms with Crippen LogP contribution in [0.5, 0.6) is 17.6 Å². The summed E-state index contributed by atoms with van der Waals surface area (Å²) >= 11 is 0. The van der Waals surface area contributed by atoms with Crippen molar-refractivity contribution in [1.29, 1.82) is 0 Å². The fraction of sp³-hybridized carbons (Fsp3) is 0.292. The number of fused-ring (bicyclic) bond motifs is 1. The maximum Gasteiger partial charge on any atom is 0.328 e. The highest BCUT2D eigenvalue weighted by Crippen LogP contribution is 2.33. The zero-order chi connectivity index (χ0) is 21.3. The Hall–Kier alpha value is -3.41. The van der Waals surface area contributed by atoms with Crippen molar-refractivity contribution < 1.29 is 13.9 Å². The van der Waals surface area contributed by atoms with Gasteiger partial charge < -0.3 is 13.9 Å². The molecule has 0 N–H and O–H groups in total. The molecule has 6 nitrogen and oxygen atoms in total. The van der Waals surface area contributed by atoms with Gasteiger partial charge in [-0.25, -0.2) is 4.98 Å². The van der Waals surface area contributed by atoms with E-state index in [9.17, 15) is 0 Å². The quantitative estimate of drug-likeness (QED) is 0.387. The van der Waals surface area contributed by atoms with Crippen LogP contribution in [0.2, 0.25) is 0 Å². The topological polar surface area (TPSA) is 70.3 Å². The number of benzene rings is 2. The van der Waals surface area contributed by atoms with Crippen LogP contribution in [-0.4, -0.2) is 21.6 Å². The molecule has 2 heterocycles. The highest BCUT2D eigenvalue weighted by atomic mass is 16.5. The van der Waals surface area contributed by atoms with Crippen LogP contribution in [-0.2, 0) is 0 Å². The molecule has 4 aromatic rings. The number of ether oxygens (including phenoxy) is 2. The van der Waals surface area contributed by atoms with Gasteiger partial charge >= 0.3 is 6.01 Å². The Balaban J connectivity index is 1.79. The van der Waals surface area contributed by atoms with Crippen molar-refractivity contribution in [2.24, 2.45) is 0 Å². The molecule has 0 spiro atoms. The summed E-state index contributed by atoms with van der Waals surface area (Å²) in [5, 5.41) is 0. The van der Waals surface area contributed by atoms with Gasteiger partial charge in [-0.05, 0) is 69.0 Å². The average molecular weight is 403 g/mol. The third-order valence-electron chi connectivity index (χ3n) is 4.88. The molecule has 154 valence electrons. The normalized spacial score (nSPS) is 11.1. The van der Waals surface area contributed by atoms with Gasteiger partial charge in [0, 0.05) is 5.56 Å². The zero-order valence-corrected chi connectivity index (χ0v) is 17.9. The Morgan fingerprint density at radius 3 is 2.53 bits per heavy atom. The van der Waals surface area contributed by atoms with E-state index in [1.165, 1.54) is 0 Å². The van der Waals surface area contributed by atoms with Crippen molar-refractivity contribution in [3.8, 4) is 29.1 Å². The van der Waals surface area contributed by atoms with E-state index < -0.39 is 0 Å². The first-order valence-corrected chi connectivity index (χ1v) is 10.1. The zero-order valence-electron chi connectivity index (χ0n) is 17.9. The van der Waals surface area contributed by atoms with E-state index in [0.717, 1.165) is 34.2 Å². The Kier molecular flexibility index (Phi) is 5.40. The Morgan fingerprint density at radius 2 is 1.77 bits per heavy atom. The van der Waals surface area contributed by atoms with Gasteiger partial charge in [0.25, 0.3) is 11.6 Å². The number of nitrogens with zero attached hydrogens (tertiary/aromatic N) is 3. The number of aromatic nitrogens is 3. The molecule has 0 aliphatic heterocycles. The molecule has 2 aromatic heterocycles. The molecule has 30 heavy (non-hydrogen) atoms. The predicted octanol–water partition coefficient (Wildman–Crippen LogP) is 6.10. The Labute approximate surface area is 175 Å². The number of rotatable bonds is 6. The fourth-order valence-electron chi connectivity index (χ4n) is 3.23. The van der Waals surface area contributed by atoms with Crippen molar-refractivity contribution >= 4 is 11.2 Å². The van der Waals surface area contributed by atoms with Crippen LogP contribution in [0.3, 0.4) is 0 Å². The van der Waals surface area contributed by atoms with Gasteiger partial charge in [-0.1, -0.05) is 30.7 Å². The SMILES string of the molecule is CCCOc1nc(Oc2cc(C)cc(C)c2C)nc2oc(-c3cccc(C)c3)nc12. The summed E-state index contributed by atoms with van der Waals surface area (Å²) in [5.74, 6) is 1.55. The molecule has 0 atom stereocenters. The molecule has 0 aliphatic carbocycles. The molecule has 6 heteroatoms. The predicted molar refractivity (Wildman–Crippen MR) is 116 cm³/mol. The first kappa shape index (κ1) is 19.9. The first-order chi connectivity index (χ1) is 14.4. The summed E-state index contributed by atoms with van der Waals surface area (Å²) in [7, 11) is 0. The Bertz CT molecular complexity index is 1210. The molecule has 0 unspecified atom stereocenters. The van der Waals surface area contributed by atoms with Gasteiger partial charge in [0.15, 0.2) is 5.52 Å². The third kappa shape index (κ3) is 3.99. The van der Waals surface area contributed by atoms with E-state index in [1.807, 2.05) is 58.0 Å². The molecule has 0 amide bonds. The summed E-state index contributed by atoms with van der Waals surface area (Å²) in [6.45, 7) is 10.7.